The van der Waals surface area contributed by atoms with Crippen molar-refractivity contribution in [3.05, 3.63) is 12.2 Å². The van der Waals surface area contributed by atoms with Crippen LogP contribution in [0.5, 0.6) is 0 Å². The van der Waals surface area contributed by atoms with Crippen LogP contribution in [0.1, 0.15) is 239 Å². The molecule has 6 heteroatoms. The highest BCUT2D eigenvalue weighted by atomic mass is 16.5. The van der Waals surface area contributed by atoms with Gasteiger partial charge in [0.25, 0.3) is 0 Å². The molecule has 0 spiro atoms. The van der Waals surface area contributed by atoms with E-state index in [-0.39, 0.29) is 24.5 Å². The van der Waals surface area contributed by atoms with E-state index in [1.807, 2.05) is 0 Å². The monoisotopic (exact) mass is 706 g/mol. The lowest BCUT2D eigenvalue weighted by molar-refractivity contribution is -0.150. The fraction of sp³-hybridized carbons (Fsp3) is 0.886. The van der Waals surface area contributed by atoms with Gasteiger partial charge in [0.05, 0.1) is 0 Å². The highest BCUT2D eigenvalue weighted by Gasteiger charge is 2.14. The molecule has 0 fully saturated rings. The molecule has 1 unspecified atom stereocenters. The van der Waals surface area contributed by atoms with Gasteiger partial charge in [-0.25, -0.2) is 0 Å². The summed E-state index contributed by atoms with van der Waals surface area (Å²) >= 11 is 0. The molecule has 0 heterocycles. The van der Waals surface area contributed by atoms with Gasteiger partial charge in [-0.05, 0) is 57.8 Å². The zero-order chi connectivity index (χ0) is 36.6. The summed E-state index contributed by atoms with van der Waals surface area (Å²) in [5, 5.41) is 11.1. The molecule has 6 nitrogen and oxygen atoms in total. The number of carbonyl (C=O) groups excluding carboxylic acids is 2. The minimum absolute atomic E-state index is 0.00190. The lowest BCUT2D eigenvalue weighted by Crippen LogP contribution is -2.28. The van der Waals surface area contributed by atoms with Crippen molar-refractivity contribution in [2.75, 3.05) is 6.54 Å². The van der Waals surface area contributed by atoms with Gasteiger partial charge in [-0.2, -0.15) is 0 Å². The molecule has 2 N–H and O–H groups in total. The van der Waals surface area contributed by atoms with Crippen LogP contribution < -0.4 is 5.32 Å². The van der Waals surface area contributed by atoms with Crippen LogP contribution in [0, 0.1) is 0 Å². The second-order valence-electron chi connectivity index (χ2n) is 15.0. The fourth-order valence-electron chi connectivity index (χ4n) is 6.69. The smallest absolute Gasteiger partial charge is 0.322 e. The maximum Gasteiger partial charge on any atom is 0.322 e. The van der Waals surface area contributed by atoms with Gasteiger partial charge in [-0.1, -0.05) is 180 Å². The maximum absolute atomic E-state index is 12.7. The molecule has 1 atom stereocenters. The number of hydrogen-bond acceptors (Lipinski definition) is 4. The standard InChI is InChI=1S/C44H83NO5/c1-3-5-7-9-11-13-15-16-17-18-19-20-22-24-26-31-35-39-44(49)50-41(36-32-28-25-23-21-14-12-10-8-6-4-2)37-33-29-27-30-34-38-42(46)45-40-43(47)48/h23,25,41H,3-22,24,26-40H2,1-2H3,(H,45,46)(H,47,48)/b25-23-. The summed E-state index contributed by atoms with van der Waals surface area (Å²) in [7, 11) is 0. The van der Waals surface area contributed by atoms with Gasteiger partial charge >= 0.3 is 11.9 Å². The number of aliphatic carboxylic acids is 1. The Bertz CT molecular complexity index is 782. The summed E-state index contributed by atoms with van der Waals surface area (Å²) in [5.41, 5.74) is 0. The van der Waals surface area contributed by atoms with Crippen molar-refractivity contribution in [2.24, 2.45) is 0 Å². The molecule has 50 heavy (non-hydrogen) atoms. The van der Waals surface area contributed by atoms with Crippen LogP contribution in [0.3, 0.4) is 0 Å². The van der Waals surface area contributed by atoms with Gasteiger partial charge in [0.1, 0.15) is 12.6 Å². The first-order valence-corrected chi connectivity index (χ1v) is 21.8. The molecular formula is C44H83NO5. The van der Waals surface area contributed by atoms with Crippen molar-refractivity contribution < 1.29 is 24.2 Å². The van der Waals surface area contributed by atoms with E-state index in [0.29, 0.717) is 12.8 Å². The molecule has 0 aliphatic rings. The molecule has 0 aliphatic heterocycles. The highest BCUT2D eigenvalue weighted by molar-refractivity contribution is 5.80. The first-order valence-electron chi connectivity index (χ1n) is 21.8. The van der Waals surface area contributed by atoms with Gasteiger partial charge in [-0.15, -0.1) is 0 Å². The van der Waals surface area contributed by atoms with Crippen LogP contribution in [-0.4, -0.2) is 35.6 Å². The first-order chi connectivity index (χ1) is 24.5. The van der Waals surface area contributed by atoms with Crippen LogP contribution >= 0.6 is 0 Å². The molecule has 0 bridgehead atoms. The average molecular weight is 706 g/mol. The van der Waals surface area contributed by atoms with E-state index in [9.17, 15) is 14.4 Å². The van der Waals surface area contributed by atoms with Gasteiger partial charge in [0.2, 0.25) is 5.91 Å². The SMILES string of the molecule is CCCCCCCC/C=C\CCCC(CCCCCCCC(=O)NCC(=O)O)OC(=O)CCCCCCCCCCCCCCCCCCC. The number of carboxylic acids is 1. The third kappa shape index (κ3) is 38.9. The highest BCUT2D eigenvalue weighted by Crippen LogP contribution is 2.18. The number of rotatable bonds is 40. The molecule has 0 rings (SSSR count). The number of amides is 1. The summed E-state index contributed by atoms with van der Waals surface area (Å²) < 4.78 is 6.01. The number of hydrogen-bond donors (Lipinski definition) is 2. The van der Waals surface area contributed by atoms with Crippen molar-refractivity contribution in [3.8, 4) is 0 Å². The minimum Gasteiger partial charge on any atom is -0.480 e. The van der Waals surface area contributed by atoms with E-state index < -0.39 is 5.97 Å². The molecule has 0 saturated heterocycles. The number of carboxylic acid groups (broad SMARTS) is 1. The fourth-order valence-corrected chi connectivity index (χ4v) is 6.69. The van der Waals surface area contributed by atoms with E-state index in [1.54, 1.807) is 0 Å². The molecule has 0 saturated carbocycles. The zero-order valence-corrected chi connectivity index (χ0v) is 33.3. The maximum atomic E-state index is 12.7. The Morgan fingerprint density at radius 1 is 0.500 bits per heavy atom. The summed E-state index contributed by atoms with van der Waals surface area (Å²) in [6.45, 7) is 4.23. The molecule has 0 aromatic rings. The first kappa shape index (κ1) is 48.1. The van der Waals surface area contributed by atoms with E-state index in [1.165, 1.54) is 141 Å². The third-order valence-electron chi connectivity index (χ3n) is 9.94. The number of nitrogens with one attached hydrogen (secondary N) is 1. The van der Waals surface area contributed by atoms with Crippen molar-refractivity contribution in [1.82, 2.24) is 5.32 Å². The number of carbonyl (C=O) groups is 3. The van der Waals surface area contributed by atoms with E-state index in [2.05, 4.69) is 31.3 Å². The number of unbranched alkanes of at least 4 members (excludes halogenated alkanes) is 27. The van der Waals surface area contributed by atoms with Gasteiger partial charge in [-0.3, -0.25) is 14.4 Å². The Morgan fingerprint density at radius 2 is 0.880 bits per heavy atom. The summed E-state index contributed by atoms with van der Waals surface area (Å²) in [6, 6.07) is 0. The molecule has 294 valence electrons. The predicted molar refractivity (Wildman–Crippen MR) is 213 cm³/mol. The van der Waals surface area contributed by atoms with E-state index >= 15 is 0 Å². The Morgan fingerprint density at radius 3 is 1.36 bits per heavy atom. The zero-order valence-electron chi connectivity index (χ0n) is 33.3. The quantitative estimate of drug-likeness (QED) is 0.0376. The molecule has 0 radical (unpaired) electrons. The average Bonchev–Trinajstić information content (AvgIpc) is 3.10. The topological polar surface area (TPSA) is 92.7 Å². The number of allylic oxidation sites excluding steroid dienone is 2. The number of ether oxygens (including phenoxy) is 1. The predicted octanol–water partition coefficient (Wildman–Crippen LogP) is 13.3. The van der Waals surface area contributed by atoms with Crippen molar-refractivity contribution in [2.45, 2.75) is 245 Å². The van der Waals surface area contributed by atoms with Gasteiger partial charge < -0.3 is 15.2 Å². The lowest BCUT2D eigenvalue weighted by atomic mass is 10.0. The Labute approximate surface area is 310 Å². The molecule has 1 amide bonds. The van der Waals surface area contributed by atoms with Crippen LogP contribution in [-0.2, 0) is 19.1 Å². The second-order valence-corrected chi connectivity index (χ2v) is 15.0. The lowest BCUT2D eigenvalue weighted by Gasteiger charge is -2.18. The summed E-state index contributed by atoms with van der Waals surface area (Å²) in [6.07, 6.45) is 46.2. The molecule has 0 aromatic heterocycles. The Kier molecular flexibility index (Phi) is 38.5. The largest absolute Gasteiger partial charge is 0.480 e. The van der Waals surface area contributed by atoms with Crippen molar-refractivity contribution in [3.63, 3.8) is 0 Å². The van der Waals surface area contributed by atoms with Crippen molar-refractivity contribution in [1.29, 1.82) is 0 Å². The molecule has 0 aliphatic carbocycles. The second kappa shape index (κ2) is 39.9. The summed E-state index contributed by atoms with van der Waals surface area (Å²) in [5.74, 6) is -1.24. The van der Waals surface area contributed by atoms with Crippen LogP contribution in [0.25, 0.3) is 0 Å². The Balaban J connectivity index is 4.10. The minimum atomic E-state index is -1.02. The third-order valence-corrected chi connectivity index (χ3v) is 9.94. The molecular weight excluding hydrogens is 622 g/mol. The van der Waals surface area contributed by atoms with Gasteiger partial charge in [0, 0.05) is 12.8 Å². The van der Waals surface area contributed by atoms with Crippen LogP contribution in [0.15, 0.2) is 12.2 Å². The normalized spacial score (nSPS) is 12.0. The number of esters is 1. The summed E-state index contributed by atoms with van der Waals surface area (Å²) in [4.78, 5) is 35.0. The van der Waals surface area contributed by atoms with E-state index in [0.717, 1.165) is 70.6 Å². The van der Waals surface area contributed by atoms with Gasteiger partial charge in [0.15, 0.2) is 0 Å². The Hall–Kier alpha value is -1.85. The molecule has 0 aromatic carbocycles. The van der Waals surface area contributed by atoms with Crippen LogP contribution in [0.2, 0.25) is 0 Å². The van der Waals surface area contributed by atoms with Crippen molar-refractivity contribution >= 4 is 17.8 Å². The van der Waals surface area contributed by atoms with Crippen LogP contribution in [0.4, 0.5) is 0 Å². The van der Waals surface area contributed by atoms with E-state index in [4.69, 9.17) is 9.84 Å².